The zero-order valence-electron chi connectivity index (χ0n) is 13.7. The fourth-order valence-corrected chi connectivity index (χ4v) is 3.14. The second-order valence-corrected chi connectivity index (χ2v) is 6.11. The Balaban J connectivity index is 1.69. The number of carbonyl (C=O) groups is 1. The molecule has 6 nitrogen and oxygen atoms in total. The average Bonchev–Trinajstić information content (AvgIpc) is 3.12. The van der Waals surface area contributed by atoms with Gasteiger partial charge in [-0.05, 0) is 43.3 Å². The minimum atomic E-state index is -0.173. The second kappa shape index (κ2) is 5.89. The molecule has 3 heterocycles. The summed E-state index contributed by atoms with van der Waals surface area (Å²) in [6, 6.07) is 12.9. The van der Waals surface area contributed by atoms with Gasteiger partial charge in [0.05, 0.1) is 13.7 Å². The van der Waals surface area contributed by atoms with Crippen molar-refractivity contribution in [1.82, 2.24) is 14.8 Å². The monoisotopic (exact) mass is 354 g/mol. The summed E-state index contributed by atoms with van der Waals surface area (Å²) in [5, 5.41) is 4.81. The van der Waals surface area contributed by atoms with Crippen LogP contribution in [0.3, 0.4) is 0 Å². The number of benzene rings is 1. The fraction of sp³-hybridized carbons (Fsp3) is 0.167. The number of pyridine rings is 1. The first-order valence-electron chi connectivity index (χ1n) is 7.76. The molecule has 0 aliphatic carbocycles. The van der Waals surface area contributed by atoms with E-state index >= 15 is 0 Å². The van der Waals surface area contributed by atoms with E-state index in [-0.39, 0.29) is 5.91 Å². The fourth-order valence-electron chi connectivity index (χ4n) is 2.87. The summed E-state index contributed by atoms with van der Waals surface area (Å²) >= 11 is 6.48. The molecule has 25 heavy (non-hydrogen) atoms. The largest absolute Gasteiger partial charge is 0.497 e. The van der Waals surface area contributed by atoms with E-state index in [0.29, 0.717) is 28.8 Å². The van der Waals surface area contributed by atoms with Crippen molar-refractivity contribution in [1.29, 1.82) is 0 Å². The van der Waals surface area contributed by atoms with Gasteiger partial charge in [0.25, 0.3) is 5.91 Å². The molecule has 3 aromatic rings. The first-order valence-corrected chi connectivity index (χ1v) is 8.13. The maximum atomic E-state index is 12.8. The molecule has 0 saturated carbocycles. The number of aromatic nitrogens is 3. The lowest BCUT2D eigenvalue weighted by molar-refractivity contribution is 0.0991. The van der Waals surface area contributed by atoms with Crippen molar-refractivity contribution >= 4 is 23.2 Å². The quantitative estimate of drug-likeness (QED) is 0.723. The molecule has 1 aliphatic heterocycles. The predicted molar refractivity (Wildman–Crippen MR) is 94.6 cm³/mol. The molecule has 1 aromatic carbocycles. The van der Waals surface area contributed by atoms with Gasteiger partial charge in [0.2, 0.25) is 0 Å². The van der Waals surface area contributed by atoms with Gasteiger partial charge in [-0.2, -0.15) is 5.10 Å². The predicted octanol–water partition coefficient (Wildman–Crippen LogP) is 3.40. The van der Waals surface area contributed by atoms with E-state index in [1.165, 1.54) is 4.68 Å². The third-order valence-corrected chi connectivity index (χ3v) is 4.55. The summed E-state index contributed by atoms with van der Waals surface area (Å²) in [5.41, 5.74) is 2.71. The molecule has 0 saturated heterocycles. The molecule has 0 unspecified atom stereocenters. The Hall–Kier alpha value is -2.86. The minimum absolute atomic E-state index is 0.173. The van der Waals surface area contributed by atoms with Crippen LogP contribution >= 0.6 is 11.6 Å². The molecule has 7 heteroatoms. The Labute approximate surface area is 149 Å². The summed E-state index contributed by atoms with van der Waals surface area (Å²) < 4.78 is 6.67. The van der Waals surface area contributed by atoms with E-state index in [0.717, 1.165) is 17.1 Å². The van der Waals surface area contributed by atoms with E-state index in [4.69, 9.17) is 16.3 Å². The van der Waals surface area contributed by atoms with Gasteiger partial charge in [-0.3, -0.25) is 4.79 Å². The Morgan fingerprint density at radius 1 is 1.16 bits per heavy atom. The van der Waals surface area contributed by atoms with Crippen LogP contribution in [0, 0.1) is 6.92 Å². The van der Waals surface area contributed by atoms with Crippen LogP contribution in [0.2, 0.25) is 5.15 Å². The number of ether oxygens (including phenoxy) is 1. The third-order valence-electron chi connectivity index (χ3n) is 4.16. The number of aryl methyl sites for hydroxylation is 1. The zero-order chi connectivity index (χ0) is 17.6. The van der Waals surface area contributed by atoms with Crippen molar-refractivity contribution in [3.63, 3.8) is 0 Å². The number of hydrogen-bond donors (Lipinski definition) is 0. The van der Waals surface area contributed by atoms with Crippen molar-refractivity contribution in [2.45, 2.75) is 13.5 Å². The van der Waals surface area contributed by atoms with Gasteiger partial charge in [-0.25, -0.2) is 9.67 Å². The first kappa shape index (κ1) is 15.7. The molecule has 0 radical (unpaired) electrons. The Morgan fingerprint density at radius 2 is 1.92 bits per heavy atom. The van der Waals surface area contributed by atoms with Crippen LogP contribution in [0.1, 0.15) is 21.7 Å². The van der Waals surface area contributed by atoms with Crippen LogP contribution in [0.5, 0.6) is 5.75 Å². The molecule has 1 aliphatic rings. The standard InChI is InChI=1S/C18H15ClN4O2/c1-11-4-3-5-15(20-11)23-17(19)14-10-22(18(24)16(14)21-23)12-6-8-13(25-2)9-7-12/h3-9H,10H2,1-2H3. The van der Waals surface area contributed by atoms with Crippen LogP contribution < -0.4 is 9.64 Å². The number of halogens is 1. The number of amides is 1. The highest BCUT2D eigenvalue weighted by molar-refractivity contribution is 6.31. The minimum Gasteiger partial charge on any atom is -0.497 e. The van der Waals surface area contributed by atoms with Gasteiger partial charge in [-0.1, -0.05) is 17.7 Å². The SMILES string of the molecule is COc1ccc(N2Cc3c(nn(-c4cccc(C)n4)c3Cl)C2=O)cc1. The van der Waals surface area contributed by atoms with E-state index in [1.807, 2.05) is 49.4 Å². The highest BCUT2D eigenvalue weighted by Crippen LogP contribution is 2.34. The summed E-state index contributed by atoms with van der Waals surface area (Å²) in [5.74, 6) is 1.17. The second-order valence-electron chi connectivity index (χ2n) is 5.76. The molecule has 0 atom stereocenters. The Bertz CT molecular complexity index is 966. The molecular weight excluding hydrogens is 340 g/mol. The molecule has 0 spiro atoms. The number of hydrogen-bond acceptors (Lipinski definition) is 4. The highest BCUT2D eigenvalue weighted by atomic mass is 35.5. The Kier molecular flexibility index (Phi) is 3.69. The van der Waals surface area contributed by atoms with Gasteiger partial charge < -0.3 is 9.64 Å². The van der Waals surface area contributed by atoms with E-state index in [9.17, 15) is 4.79 Å². The van der Waals surface area contributed by atoms with E-state index < -0.39 is 0 Å². The summed E-state index contributed by atoms with van der Waals surface area (Å²) in [6.45, 7) is 2.27. The number of rotatable bonds is 3. The molecule has 0 N–H and O–H groups in total. The van der Waals surface area contributed by atoms with Crippen molar-refractivity contribution in [2.24, 2.45) is 0 Å². The Morgan fingerprint density at radius 3 is 2.56 bits per heavy atom. The normalized spacial score (nSPS) is 13.2. The van der Waals surface area contributed by atoms with Crippen molar-refractivity contribution in [3.05, 3.63) is 64.6 Å². The lowest BCUT2D eigenvalue weighted by Crippen LogP contribution is -2.24. The maximum Gasteiger partial charge on any atom is 0.279 e. The number of carbonyl (C=O) groups excluding carboxylic acids is 1. The van der Waals surface area contributed by atoms with Crippen molar-refractivity contribution < 1.29 is 9.53 Å². The lowest BCUT2D eigenvalue weighted by atomic mass is 10.3. The van der Waals surface area contributed by atoms with E-state index in [1.54, 1.807) is 12.0 Å². The number of fused-ring (bicyclic) bond motifs is 1. The van der Waals surface area contributed by atoms with Crippen LogP contribution in [-0.2, 0) is 6.54 Å². The third kappa shape index (κ3) is 2.55. The van der Waals surface area contributed by atoms with Crippen LogP contribution in [0.15, 0.2) is 42.5 Å². The number of nitrogens with zero attached hydrogens (tertiary/aromatic N) is 4. The molecule has 0 fully saturated rings. The first-order chi connectivity index (χ1) is 12.1. The zero-order valence-corrected chi connectivity index (χ0v) is 14.5. The lowest BCUT2D eigenvalue weighted by Gasteiger charge is -2.16. The van der Waals surface area contributed by atoms with Crippen LogP contribution in [-0.4, -0.2) is 27.8 Å². The van der Waals surface area contributed by atoms with Gasteiger partial charge >= 0.3 is 0 Å². The smallest absolute Gasteiger partial charge is 0.279 e. The van der Waals surface area contributed by atoms with Gasteiger partial charge in [0.1, 0.15) is 10.9 Å². The average molecular weight is 355 g/mol. The van der Waals surface area contributed by atoms with Gasteiger partial charge in [0, 0.05) is 16.9 Å². The highest BCUT2D eigenvalue weighted by Gasteiger charge is 2.35. The van der Waals surface area contributed by atoms with Crippen molar-refractivity contribution in [2.75, 3.05) is 12.0 Å². The molecule has 4 rings (SSSR count). The maximum absolute atomic E-state index is 12.8. The van der Waals surface area contributed by atoms with Crippen LogP contribution in [0.25, 0.3) is 5.82 Å². The molecule has 126 valence electrons. The van der Waals surface area contributed by atoms with E-state index in [2.05, 4.69) is 10.1 Å². The summed E-state index contributed by atoms with van der Waals surface area (Å²) in [7, 11) is 1.60. The van der Waals surface area contributed by atoms with Gasteiger partial charge in [0.15, 0.2) is 11.5 Å². The molecule has 0 bridgehead atoms. The van der Waals surface area contributed by atoms with Crippen LogP contribution in [0.4, 0.5) is 5.69 Å². The molecule has 1 amide bonds. The number of methoxy groups -OCH3 is 1. The molecular formula is C18H15ClN4O2. The molecule has 2 aromatic heterocycles. The topological polar surface area (TPSA) is 60.2 Å². The van der Waals surface area contributed by atoms with Crippen molar-refractivity contribution in [3.8, 4) is 11.6 Å². The summed E-state index contributed by atoms with van der Waals surface area (Å²) in [4.78, 5) is 18.8. The summed E-state index contributed by atoms with van der Waals surface area (Å²) in [6.07, 6.45) is 0. The number of anilines is 1. The van der Waals surface area contributed by atoms with Gasteiger partial charge in [-0.15, -0.1) is 0 Å².